The van der Waals surface area contributed by atoms with Gasteiger partial charge in [-0.3, -0.25) is 9.59 Å². The van der Waals surface area contributed by atoms with E-state index >= 15 is 0 Å². The lowest BCUT2D eigenvalue weighted by Gasteiger charge is -2.34. The summed E-state index contributed by atoms with van der Waals surface area (Å²) in [7, 11) is 4.04. The Labute approximate surface area is 167 Å². The molecule has 1 aromatic heterocycles. The van der Waals surface area contributed by atoms with Crippen LogP contribution in [0.1, 0.15) is 53.0 Å². The number of nitrogens with zero attached hydrogens (tertiary/aromatic N) is 5. The van der Waals surface area contributed by atoms with Crippen molar-refractivity contribution in [1.82, 2.24) is 29.6 Å². The number of piperazine rings is 1. The van der Waals surface area contributed by atoms with Gasteiger partial charge in [-0.25, -0.2) is 4.98 Å². The SMILES string of the molecule is CCN1CCN(C(=O)c2nc(C(=O)NCCCN(C)C)c3n2CCCC3)CC1. The number of amides is 2. The van der Waals surface area contributed by atoms with Crippen molar-refractivity contribution in [3.8, 4) is 0 Å². The minimum Gasteiger partial charge on any atom is -0.351 e. The lowest BCUT2D eigenvalue weighted by molar-refractivity contribution is 0.0625. The van der Waals surface area contributed by atoms with Gasteiger partial charge in [-0.05, 0) is 52.9 Å². The standard InChI is InChI=1S/C20H34N6O2/c1-4-24-12-14-25(15-13-24)20(28)18-22-17(16-8-5-6-11-26(16)18)19(27)21-9-7-10-23(2)3/h4-15H2,1-3H3,(H,21,27). The summed E-state index contributed by atoms with van der Waals surface area (Å²) >= 11 is 0. The van der Waals surface area contributed by atoms with E-state index in [2.05, 4.69) is 27.0 Å². The summed E-state index contributed by atoms with van der Waals surface area (Å²) in [6, 6.07) is 0. The van der Waals surface area contributed by atoms with Gasteiger partial charge in [0, 0.05) is 39.3 Å². The largest absolute Gasteiger partial charge is 0.351 e. The van der Waals surface area contributed by atoms with Crippen molar-refractivity contribution in [2.24, 2.45) is 0 Å². The first kappa shape index (κ1) is 20.8. The maximum atomic E-state index is 13.1. The van der Waals surface area contributed by atoms with Crippen molar-refractivity contribution in [3.63, 3.8) is 0 Å². The Hall–Kier alpha value is -1.93. The molecule has 2 amide bonds. The quantitative estimate of drug-likeness (QED) is 0.693. The highest BCUT2D eigenvalue weighted by atomic mass is 16.2. The van der Waals surface area contributed by atoms with Gasteiger partial charge in [0.1, 0.15) is 5.69 Å². The number of hydrogen-bond donors (Lipinski definition) is 1. The third-order valence-electron chi connectivity index (χ3n) is 5.70. The zero-order chi connectivity index (χ0) is 20.1. The van der Waals surface area contributed by atoms with E-state index in [1.807, 2.05) is 23.6 Å². The third kappa shape index (κ3) is 4.72. The topological polar surface area (TPSA) is 73.7 Å². The summed E-state index contributed by atoms with van der Waals surface area (Å²) in [6.07, 6.45) is 3.76. The Kier molecular flexibility index (Phi) is 7.07. The molecule has 0 spiro atoms. The Bertz CT molecular complexity index is 691. The van der Waals surface area contributed by atoms with Crippen LogP contribution < -0.4 is 5.32 Å². The van der Waals surface area contributed by atoms with Crippen molar-refractivity contribution < 1.29 is 9.59 Å². The second-order valence-corrected chi connectivity index (χ2v) is 7.98. The molecular weight excluding hydrogens is 356 g/mol. The zero-order valence-corrected chi connectivity index (χ0v) is 17.5. The Balaban J connectivity index is 1.72. The monoisotopic (exact) mass is 390 g/mol. The van der Waals surface area contributed by atoms with Crippen molar-refractivity contribution in [3.05, 3.63) is 17.2 Å². The molecule has 0 aromatic carbocycles. The predicted molar refractivity (Wildman–Crippen MR) is 109 cm³/mol. The molecule has 8 nitrogen and oxygen atoms in total. The number of nitrogens with one attached hydrogen (secondary N) is 1. The van der Waals surface area contributed by atoms with Gasteiger partial charge in [-0.1, -0.05) is 6.92 Å². The van der Waals surface area contributed by atoms with E-state index in [-0.39, 0.29) is 11.8 Å². The molecule has 0 aliphatic carbocycles. The summed E-state index contributed by atoms with van der Waals surface area (Å²) in [4.78, 5) is 36.7. The molecule has 0 saturated carbocycles. The fourth-order valence-electron chi connectivity index (χ4n) is 3.98. The van der Waals surface area contributed by atoms with Gasteiger partial charge in [0.25, 0.3) is 11.8 Å². The molecule has 8 heteroatoms. The van der Waals surface area contributed by atoms with Gasteiger partial charge in [-0.2, -0.15) is 0 Å². The van der Waals surface area contributed by atoms with E-state index in [0.29, 0.717) is 18.1 Å². The second-order valence-electron chi connectivity index (χ2n) is 7.98. The first-order valence-corrected chi connectivity index (χ1v) is 10.5. The Morgan fingerprint density at radius 1 is 1.11 bits per heavy atom. The van der Waals surface area contributed by atoms with Crippen LogP contribution in [-0.4, -0.2) is 96.0 Å². The molecule has 0 unspecified atom stereocenters. The van der Waals surface area contributed by atoms with Crippen molar-refractivity contribution in [2.75, 3.05) is 59.9 Å². The summed E-state index contributed by atoms with van der Waals surface area (Å²) in [6.45, 7) is 8.71. The third-order valence-corrected chi connectivity index (χ3v) is 5.70. The summed E-state index contributed by atoms with van der Waals surface area (Å²) in [5.74, 6) is 0.253. The fraction of sp³-hybridized carbons (Fsp3) is 0.750. The Morgan fingerprint density at radius 3 is 2.54 bits per heavy atom. The molecule has 3 rings (SSSR count). The van der Waals surface area contributed by atoms with Crippen LogP contribution in [0.4, 0.5) is 0 Å². The molecule has 0 radical (unpaired) electrons. The van der Waals surface area contributed by atoms with Crippen molar-refractivity contribution >= 4 is 11.8 Å². The molecule has 3 heterocycles. The van der Waals surface area contributed by atoms with Crippen LogP contribution >= 0.6 is 0 Å². The van der Waals surface area contributed by atoms with Gasteiger partial charge >= 0.3 is 0 Å². The minimum absolute atomic E-state index is 0.0365. The number of rotatable bonds is 7. The number of aromatic nitrogens is 2. The first-order chi connectivity index (χ1) is 13.5. The number of hydrogen-bond acceptors (Lipinski definition) is 5. The molecule has 1 aromatic rings. The minimum atomic E-state index is -0.153. The van der Waals surface area contributed by atoms with Crippen molar-refractivity contribution in [2.45, 2.75) is 39.2 Å². The molecule has 1 saturated heterocycles. The van der Waals surface area contributed by atoms with Crippen LogP contribution in [0.3, 0.4) is 0 Å². The highest BCUT2D eigenvalue weighted by Crippen LogP contribution is 2.22. The van der Waals surface area contributed by atoms with E-state index in [4.69, 9.17) is 0 Å². The van der Waals surface area contributed by atoms with E-state index < -0.39 is 0 Å². The average Bonchev–Trinajstić information content (AvgIpc) is 3.10. The maximum Gasteiger partial charge on any atom is 0.289 e. The van der Waals surface area contributed by atoms with Gasteiger partial charge in [0.2, 0.25) is 0 Å². The Morgan fingerprint density at radius 2 is 1.86 bits per heavy atom. The van der Waals surface area contributed by atoms with Gasteiger partial charge in [0.05, 0.1) is 5.69 Å². The van der Waals surface area contributed by atoms with Gasteiger partial charge < -0.3 is 24.6 Å². The van der Waals surface area contributed by atoms with E-state index in [1.54, 1.807) is 0 Å². The molecule has 1 N–H and O–H groups in total. The van der Waals surface area contributed by atoms with Crippen molar-refractivity contribution in [1.29, 1.82) is 0 Å². The highest BCUT2D eigenvalue weighted by Gasteiger charge is 2.30. The van der Waals surface area contributed by atoms with Crippen LogP contribution in [0.15, 0.2) is 0 Å². The zero-order valence-electron chi connectivity index (χ0n) is 17.5. The number of fused-ring (bicyclic) bond motifs is 1. The second kappa shape index (κ2) is 9.52. The predicted octanol–water partition coefficient (Wildman–Crippen LogP) is 0.679. The van der Waals surface area contributed by atoms with Crippen LogP contribution in [-0.2, 0) is 13.0 Å². The number of carbonyl (C=O) groups is 2. The number of carbonyl (C=O) groups excluding carboxylic acids is 2. The molecular formula is C20H34N6O2. The lowest BCUT2D eigenvalue weighted by atomic mass is 10.1. The molecule has 0 atom stereocenters. The molecule has 2 aliphatic rings. The number of likely N-dealkylation sites (N-methyl/N-ethyl adjacent to an activating group) is 1. The maximum absolute atomic E-state index is 13.1. The number of imidazole rings is 1. The normalized spacial score (nSPS) is 17.6. The molecule has 2 aliphatic heterocycles. The molecule has 156 valence electrons. The summed E-state index contributed by atoms with van der Waals surface area (Å²) in [5, 5.41) is 2.98. The fourth-order valence-corrected chi connectivity index (χ4v) is 3.98. The first-order valence-electron chi connectivity index (χ1n) is 10.5. The smallest absolute Gasteiger partial charge is 0.289 e. The van der Waals surface area contributed by atoms with E-state index in [1.165, 1.54) is 0 Å². The van der Waals surface area contributed by atoms with Crippen LogP contribution in [0.2, 0.25) is 0 Å². The van der Waals surface area contributed by atoms with Crippen LogP contribution in [0.25, 0.3) is 0 Å². The summed E-state index contributed by atoms with van der Waals surface area (Å²) in [5.41, 5.74) is 1.37. The van der Waals surface area contributed by atoms with Gasteiger partial charge in [0.15, 0.2) is 5.82 Å². The van der Waals surface area contributed by atoms with E-state index in [9.17, 15) is 9.59 Å². The highest BCUT2D eigenvalue weighted by molar-refractivity contribution is 5.97. The molecule has 28 heavy (non-hydrogen) atoms. The average molecular weight is 391 g/mol. The molecule has 0 bridgehead atoms. The van der Waals surface area contributed by atoms with Crippen LogP contribution in [0.5, 0.6) is 0 Å². The lowest BCUT2D eigenvalue weighted by Crippen LogP contribution is -2.49. The molecule has 1 fully saturated rings. The summed E-state index contributed by atoms with van der Waals surface area (Å²) < 4.78 is 1.99. The van der Waals surface area contributed by atoms with Gasteiger partial charge in [-0.15, -0.1) is 0 Å². The van der Waals surface area contributed by atoms with Crippen LogP contribution in [0, 0.1) is 0 Å². The van der Waals surface area contributed by atoms with E-state index in [0.717, 1.165) is 77.2 Å².